The molecule has 1 saturated carbocycles. The SMILES string of the molecule is CCC1(C(C)=O)CC(C)C1C. The van der Waals surface area contributed by atoms with Gasteiger partial charge in [-0.2, -0.15) is 0 Å². The lowest BCUT2D eigenvalue weighted by atomic mass is 9.52. The quantitative estimate of drug-likeness (QED) is 0.597. The Hall–Kier alpha value is -0.330. The van der Waals surface area contributed by atoms with Crippen LogP contribution in [0.4, 0.5) is 0 Å². The molecule has 0 spiro atoms. The Morgan fingerprint density at radius 2 is 2.09 bits per heavy atom. The monoisotopic (exact) mass is 154 g/mol. The van der Waals surface area contributed by atoms with E-state index in [0.29, 0.717) is 11.7 Å². The van der Waals surface area contributed by atoms with Crippen LogP contribution in [0, 0.1) is 17.3 Å². The average Bonchev–Trinajstić information content (AvgIpc) is 1.98. The fourth-order valence-corrected chi connectivity index (χ4v) is 2.50. The van der Waals surface area contributed by atoms with Gasteiger partial charge < -0.3 is 0 Å². The van der Waals surface area contributed by atoms with Crippen molar-refractivity contribution in [1.29, 1.82) is 0 Å². The van der Waals surface area contributed by atoms with E-state index in [4.69, 9.17) is 0 Å². The van der Waals surface area contributed by atoms with Crippen molar-refractivity contribution in [2.75, 3.05) is 0 Å². The van der Waals surface area contributed by atoms with Crippen LogP contribution >= 0.6 is 0 Å². The number of carbonyl (C=O) groups excluding carboxylic acids is 1. The first-order chi connectivity index (χ1) is 5.04. The van der Waals surface area contributed by atoms with Gasteiger partial charge in [-0.1, -0.05) is 20.8 Å². The van der Waals surface area contributed by atoms with Gasteiger partial charge in [-0.05, 0) is 31.6 Å². The second-order valence-corrected chi connectivity index (χ2v) is 4.04. The van der Waals surface area contributed by atoms with Crippen molar-refractivity contribution >= 4 is 5.78 Å². The first-order valence-electron chi connectivity index (χ1n) is 4.55. The van der Waals surface area contributed by atoms with Crippen molar-refractivity contribution in [3.05, 3.63) is 0 Å². The van der Waals surface area contributed by atoms with E-state index >= 15 is 0 Å². The molecule has 0 saturated heterocycles. The summed E-state index contributed by atoms with van der Waals surface area (Å²) < 4.78 is 0. The average molecular weight is 154 g/mol. The van der Waals surface area contributed by atoms with Gasteiger partial charge in [0, 0.05) is 5.41 Å². The Labute approximate surface area is 69.2 Å². The van der Waals surface area contributed by atoms with Crippen LogP contribution in [0.3, 0.4) is 0 Å². The van der Waals surface area contributed by atoms with Gasteiger partial charge in [0.25, 0.3) is 0 Å². The largest absolute Gasteiger partial charge is 0.299 e. The molecule has 3 unspecified atom stereocenters. The van der Waals surface area contributed by atoms with E-state index in [9.17, 15) is 4.79 Å². The van der Waals surface area contributed by atoms with Gasteiger partial charge in [-0.3, -0.25) is 4.79 Å². The molecule has 64 valence electrons. The van der Waals surface area contributed by atoms with Crippen molar-refractivity contribution < 1.29 is 4.79 Å². The smallest absolute Gasteiger partial charge is 0.136 e. The molecule has 1 aliphatic carbocycles. The lowest BCUT2D eigenvalue weighted by molar-refractivity contribution is -0.142. The van der Waals surface area contributed by atoms with Gasteiger partial charge in [-0.25, -0.2) is 0 Å². The minimum atomic E-state index is 0.0550. The van der Waals surface area contributed by atoms with Crippen molar-refractivity contribution in [2.24, 2.45) is 17.3 Å². The topological polar surface area (TPSA) is 17.1 Å². The van der Waals surface area contributed by atoms with E-state index in [1.165, 1.54) is 0 Å². The molecule has 0 N–H and O–H groups in total. The number of hydrogen-bond donors (Lipinski definition) is 0. The maximum Gasteiger partial charge on any atom is 0.136 e. The van der Waals surface area contributed by atoms with Crippen LogP contribution < -0.4 is 0 Å². The van der Waals surface area contributed by atoms with Crippen molar-refractivity contribution in [2.45, 2.75) is 40.5 Å². The molecule has 1 nitrogen and oxygen atoms in total. The molecular formula is C10H18O. The second kappa shape index (κ2) is 2.62. The third-order valence-electron chi connectivity index (χ3n) is 3.74. The van der Waals surface area contributed by atoms with E-state index in [0.717, 1.165) is 18.8 Å². The normalized spacial score (nSPS) is 43.3. The second-order valence-electron chi connectivity index (χ2n) is 4.04. The number of rotatable bonds is 2. The highest BCUT2D eigenvalue weighted by atomic mass is 16.1. The zero-order valence-corrected chi connectivity index (χ0v) is 7.98. The molecule has 0 aromatic carbocycles. The highest BCUT2D eigenvalue weighted by molar-refractivity contribution is 5.83. The van der Waals surface area contributed by atoms with Gasteiger partial charge in [-0.15, -0.1) is 0 Å². The highest BCUT2D eigenvalue weighted by Crippen LogP contribution is 2.53. The number of carbonyl (C=O) groups is 1. The lowest BCUT2D eigenvalue weighted by Gasteiger charge is -2.51. The molecule has 0 bridgehead atoms. The van der Waals surface area contributed by atoms with Crippen molar-refractivity contribution in [3.8, 4) is 0 Å². The maximum atomic E-state index is 11.3. The Morgan fingerprint density at radius 1 is 1.55 bits per heavy atom. The first kappa shape index (κ1) is 8.76. The predicted molar refractivity (Wildman–Crippen MR) is 46.4 cm³/mol. The van der Waals surface area contributed by atoms with Gasteiger partial charge in [0.05, 0.1) is 0 Å². The highest BCUT2D eigenvalue weighted by Gasteiger charge is 2.50. The van der Waals surface area contributed by atoms with Gasteiger partial charge in [0.15, 0.2) is 0 Å². The minimum Gasteiger partial charge on any atom is -0.299 e. The number of ketones is 1. The third-order valence-corrected chi connectivity index (χ3v) is 3.74. The Balaban J connectivity index is 2.73. The molecule has 1 heteroatoms. The number of hydrogen-bond acceptors (Lipinski definition) is 1. The summed E-state index contributed by atoms with van der Waals surface area (Å²) in [5.41, 5.74) is 0.0550. The van der Waals surface area contributed by atoms with E-state index in [2.05, 4.69) is 20.8 Å². The number of Topliss-reactive ketones (excluding diaryl/α,β-unsaturated/α-hetero) is 1. The minimum absolute atomic E-state index is 0.0550. The molecule has 0 aromatic rings. The molecule has 11 heavy (non-hydrogen) atoms. The van der Waals surface area contributed by atoms with Crippen LogP contribution in [0.1, 0.15) is 40.5 Å². The zero-order chi connectivity index (χ0) is 8.65. The first-order valence-corrected chi connectivity index (χ1v) is 4.55. The van der Waals surface area contributed by atoms with E-state index < -0.39 is 0 Å². The van der Waals surface area contributed by atoms with Crippen LogP contribution in [0.2, 0.25) is 0 Å². The fraction of sp³-hybridized carbons (Fsp3) is 0.900. The summed E-state index contributed by atoms with van der Waals surface area (Å²) in [5.74, 6) is 1.74. The van der Waals surface area contributed by atoms with Crippen LogP contribution in [0.5, 0.6) is 0 Å². The van der Waals surface area contributed by atoms with Crippen LogP contribution in [0.15, 0.2) is 0 Å². The van der Waals surface area contributed by atoms with Crippen LogP contribution in [-0.2, 0) is 4.79 Å². The molecule has 1 rings (SSSR count). The predicted octanol–water partition coefficient (Wildman–Crippen LogP) is 2.65. The molecule has 1 fully saturated rings. The molecule has 0 aromatic heterocycles. The van der Waals surface area contributed by atoms with Crippen molar-refractivity contribution in [1.82, 2.24) is 0 Å². The summed E-state index contributed by atoms with van der Waals surface area (Å²) in [6, 6.07) is 0. The maximum absolute atomic E-state index is 11.3. The Kier molecular flexibility index (Phi) is 2.08. The molecular weight excluding hydrogens is 136 g/mol. The van der Waals surface area contributed by atoms with E-state index in [-0.39, 0.29) is 5.41 Å². The lowest BCUT2D eigenvalue weighted by Crippen LogP contribution is -2.49. The zero-order valence-electron chi connectivity index (χ0n) is 7.98. The third kappa shape index (κ3) is 1.02. The van der Waals surface area contributed by atoms with E-state index in [1.54, 1.807) is 6.92 Å². The summed E-state index contributed by atoms with van der Waals surface area (Å²) in [4.78, 5) is 11.3. The fourth-order valence-electron chi connectivity index (χ4n) is 2.50. The Morgan fingerprint density at radius 3 is 2.18 bits per heavy atom. The molecule has 3 atom stereocenters. The van der Waals surface area contributed by atoms with Crippen LogP contribution in [-0.4, -0.2) is 5.78 Å². The standard InChI is InChI=1S/C10H18O/c1-5-10(9(4)11)6-7(2)8(10)3/h7-8H,5-6H2,1-4H3. The van der Waals surface area contributed by atoms with Crippen LogP contribution in [0.25, 0.3) is 0 Å². The molecule has 0 aliphatic heterocycles. The van der Waals surface area contributed by atoms with Gasteiger partial charge >= 0.3 is 0 Å². The molecule has 0 amide bonds. The summed E-state index contributed by atoms with van der Waals surface area (Å²) in [7, 11) is 0. The van der Waals surface area contributed by atoms with Gasteiger partial charge in [0.1, 0.15) is 5.78 Å². The molecule has 0 radical (unpaired) electrons. The summed E-state index contributed by atoms with van der Waals surface area (Å²) in [6.07, 6.45) is 2.13. The van der Waals surface area contributed by atoms with Crippen molar-refractivity contribution in [3.63, 3.8) is 0 Å². The van der Waals surface area contributed by atoms with E-state index in [1.807, 2.05) is 0 Å². The van der Waals surface area contributed by atoms with Gasteiger partial charge in [0.2, 0.25) is 0 Å². The summed E-state index contributed by atoms with van der Waals surface area (Å²) >= 11 is 0. The summed E-state index contributed by atoms with van der Waals surface area (Å²) in [5, 5.41) is 0. The molecule has 0 heterocycles. The Bertz CT molecular complexity index is 174. The molecule has 1 aliphatic rings. The summed E-state index contributed by atoms with van der Waals surface area (Å²) in [6.45, 7) is 8.32.